The second-order valence-corrected chi connectivity index (χ2v) is 16.6. The summed E-state index contributed by atoms with van der Waals surface area (Å²) in [5.41, 5.74) is -1.72. The minimum absolute atomic E-state index is 0.0415. The zero-order valence-electron chi connectivity index (χ0n) is 21.8. The van der Waals surface area contributed by atoms with Gasteiger partial charge in [0.05, 0.1) is 0 Å². The summed E-state index contributed by atoms with van der Waals surface area (Å²) in [4.78, 5) is 27.1. The van der Waals surface area contributed by atoms with Crippen LogP contribution in [0.2, 0.25) is 0 Å². The third kappa shape index (κ3) is 2.26. The molecule has 0 radical (unpaired) electrons. The van der Waals surface area contributed by atoms with E-state index in [1.165, 1.54) is 77.0 Å². The standard InChI is InChI=1S/C32H44O4/c33-27(34)32(28(35)36)25-8-22-5-23(9-25)16-31(32,15-22)30-13-20-4-21(14-30)7-24(6-20)26(30)29-10-17-1-18(11-29)3-19(2-17)12-29/h17-26H,1-16H2,(H,33,34)(H,35,36). The van der Waals surface area contributed by atoms with Gasteiger partial charge in [0.1, 0.15) is 0 Å². The van der Waals surface area contributed by atoms with Crippen molar-refractivity contribution in [2.24, 2.45) is 80.8 Å². The summed E-state index contributed by atoms with van der Waals surface area (Å²) in [5, 5.41) is 22.1. The van der Waals surface area contributed by atoms with Gasteiger partial charge in [-0.1, -0.05) is 0 Å². The molecule has 12 fully saturated rings. The highest BCUT2D eigenvalue weighted by Crippen LogP contribution is 2.84. The number of carbonyl (C=O) groups is 2. The molecule has 0 aliphatic heterocycles. The van der Waals surface area contributed by atoms with E-state index in [9.17, 15) is 19.8 Å². The Balaban J connectivity index is 1.29. The number of aliphatic carboxylic acids is 2. The average molecular weight is 493 g/mol. The SMILES string of the molecule is O=C(O)C1(C(=O)O)C2CC3CC(C2)CC1(C12CC4CC(CC(C4)C1C14CC5CC(CC(C5)C1)C4)C2)C3. The third-order valence-corrected chi connectivity index (χ3v) is 15.2. The molecule has 0 aromatic heterocycles. The van der Waals surface area contributed by atoms with Crippen molar-refractivity contribution in [1.82, 2.24) is 0 Å². The zero-order valence-corrected chi connectivity index (χ0v) is 21.8. The van der Waals surface area contributed by atoms with Crippen molar-refractivity contribution in [1.29, 1.82) is 0 Å². The molecule has 12 saturated carbocycles. The molecule has 0 aromatic rings. The molecule has 12 bridgehead atoms. The maximum absolute atomic E-state index is 13.5. The molecule has 0 spiro atoms. The van der Waals surface area contributed by atoms with Crippen LogP contribution < -0.4 is 0 Å². The van der Waals surface area contributed by atoms with E-state index in [2.05, 4.69) is 0 Å². The first-order valence-electron chi connectivity index (χ1n) is 15.7. The average Bonchev–Trinajstić information content (AvgIpc) is 2.76. The fraction of sp³-hybridized carbons (Fsp3) is 0.938. The molecule has 12 rings (SSSR count). The van der Waals surface area contributed by atoms with Crippen LogP contribution in [0.4, 0.5) is 0 Å². The molecule has 0 aromatic carbocycles. The van der Waals surface area contributed by atoms with Gasteiger partial charge >= 0.3 is 11.9 Å². The van der Waals surface area contributed by atoms with E-state index in [1.807, 2.05) is 0 Å². The minimum atomic E-state index is -1.55. The fourth-order valence-corrected chi connectivity index (χ4v) is 16.1. The van der Waals surface area contributed by atoms with Gasteiger partial charge in [0.25, 0.3) is 0 Å². The van der Waals surface area contributed by atoms with Gasteiger partial charge in [-0.3, -0.25) is 9.59 Å². The molecule has 12 aliphatic carbocycles. The van der Waals surface area contributed by atoms with E-state index in [-0.39, 0.29) is 11.3 Å². The van der Waals surface area contributed by atoms with Gasteiger partial charge in [0.15, 0.2) is 5.41 Å². The van der Waals surface area contributed by atoms with Gasteiger partial charge in [-0.05, 0) is 173 Å². The molecule has 2 N–H and O–H groups in total. The van der Waals surface area contributed by atoms with Crippen LogP contribution >= 0.6 is 0 Å². The first kappa shape index (κ1) is 21.8. The van der Waals surface area contributed by atoms with Crippen LogP contribution in [0.5, 0.6) is 0 Å². The predicted molar refractivity (Wildman–Crippen MR) is 134 cm³/mol. The lowest BCUT2D eigenvalue weighted by Crippen LogP contribution is -2.76. The van der Waals surface area contributed by atoms with Crippen LogP contribution in [-0.4, -0.2) is 22.2 Å². The number of carboxylic acids is 2. The van der Waals surface area contributed by atoms with E-state index in [4.69, 9.17) is 0 Å². The van der Waals surface area contributed by atoms with Gasteiger partial charge < -0.3 is 10.2 Å². The Bertz CT molecular complexity index is 965. The highest BCUT2D eigenvalue weighted by Gasteiger charge is 2.82. The van der Waals surface area contributed by atoms with Crippen molar-refractivity contribution in [3.8, 4) is 0 Å². The van der Waals surface area contributed by atoms with Crippen molar-refractivity contribution < 1.29 is 19.8 Å². The Morgan fingerprint density at radius 1 is 0.528 bits per heavy atom. The molecule has 4 nitrogen and oxygen atoms in total. The molecule has 0 amide bonds. The van der Waals surface area contributed by atoms with Gasteiger partial charge in [0.2, 0.25) is 0 Å². The van der Waals surface area contributed by atoms with Crippen molar-refractivity contribution in [2.45, 2.75) is 103 Å². The number of hydrogen-bond donors (Lipinski definition) is 2. The van der Waals surface area contributed by atoms with Crippen LogP contribution in [0.3, 0.4) is 0 Å². The van der Waals surface area contributed by atoms with Crippen LogP contribution in [0.25, 0.3) is 0 Å². The monoisotopic (exact) mass is 492 g/mol. The minimum Gasteiger partial charge on any atom is -0.480 e. The highest BCUT2D eigenvalue weighted by molar-refractivity contribution is 6.00. The predicted octanol–water partition coefficient (Wildman–Crippen LogP) is 6.63. The lowest BCUT2D eigenvalue weighted by Gasteiger charge is -2.79. The van der Waals surface area contributed by atoms with Crippen molar-refractivity contribution in [2.75, 3.05) is 0 Å². The topological polar surface area (TPSA) is 74.6 Å². The maximum Gasteiger partial charge on any atom is 0.321 e. The Labute approximate surface area is 215 Å². The summed E-state index contributed by atoms with van der Waals surface area (Å²) >= 11 is 0. The molecule has 36 heavy (non-hydrogen) atoms. The van der Waals surface area contributed by atoms with Gasteiger partial charge in [0, 0.05) is 5.41 Å². The highest BCUT2D eigenvalue weighted by atomic mass is 16.4. The van der Waals surface area contributed by atoms with E-state index in [0.717, 1.165) is 61.2 Å². The van der Waals surface area contributed by atoms with E-state index in [1.54, 1.807) is 0 Å². The summed E-state index contributed by atoms with van der Waals surface area (Å²) in [6.07, 6.45) is 19.7. The van der Waals surface area contributed by atoms with Crippen LogP contribution in [-0.2, 0) is 9.59 Å². The van der Waals surface area contributed by atoms with Crippen molar-refractivity contribution in [3.05, 3.63) is 0 Å². The molecule has 12 aliphatic rings. The van der Waals surface area contributed by atoms with Gasteiger partial charge in [-0.15, -0.1) is 0 Å². The van der Waals surface area contributed by atoms with Gasteiger partial charge in [-0.25, -0.2) is 0 Å². The number of carboxylic acid groups (broad SMARTS) is 2. The fourth-order valence-electron chi connectivity index (χ4n) is 16.1. The van der Waals surface area contributed by atoms with Crippen LogP contribution in [0, 0.1) is 80.8 Å². The van der Waals surface area contributed by atoms with Crippen LogP contribution in [0.1, 0.15) is 103 Å². The smallest absolute Gasteiger partial charge is 0.321 e. The van der Waals surface area contributed by atoms with E-state index >= 15 is 0 Å². The summed E-state index contributed by atoms with van der Waals surface area (Å²) in [5.74, 6) is 4.53. The lowest BCUT2D eigenvalue weighted by molar-refractivity contribution is -0.313. The first-order valence-corrected chi connectivity index (χ1v) is 15.7. The van der Waals surface area contributed by atoms with Crippen LogP contribution in [0.15, 0.2) is 0 Å². The summed E-state index contributed by atoms with van der Waals surface area (Å²) in [7, 11) is 0. The normalized spacial score (nSPS) is 60.6. The van der Waals surface area contributed by atoms with Crippen molar-refractivity contribution >= 4 is 11.9 Å². The van der Waals surface area contributed by atoms with Crippen molar-refractivity contribution in [3.63, 3.8) is 0 Å². The molecule has 0 saturated heterocycles. The summed E-state index contributed by atoms with van der Waals surface area (Å²) in [6, 6.07) is 0. The second kappa shape index (κ2) is 6.56. The van der Waals surface area contributed by atoms with E-state index in [0.29, 0.717) is 23.2 Å². The Hall–Kier alpha value is -1.06. The molecular formula is C32H44O4. The largest absolute Gasteiger partial charge is 0.480 e. The Kier molecular flexibility index (Phi) is 3.98. The quantitative estimate of drug-likeness (QED) is 0.432. The van der Waals surface area contributed by atoms with E-state index < -0.39 is 22.8 Å². The number of rotatable bonds is 4. The lowest BCUT2D eigenvalue weighted by atomic mass is 9.24. The maximum atomic E-state index is 13.5. The first-order chi connectivity index (χ1) is 17.3. The number of hydrogen-bond acceptors (Lipinski definition) is 2. The third-order valence-electron chi connectivity index (χ3n) is 15.2. The molecule has 4 heteroatoms. The van der Waals surface area contributed by atoms with Gasteiger partial charge in [-0.2, -0.15) is 0 Å². The molecule has 5 atom stereocenters. The summed E-state index contributed by atoms with van der Waals surface area (Å²) < 4.78 is 0. The molecule has 196 valence electrons. The zero-order chi connectivity index (χ0) is 24.2. The molecule has 5 unspecified atom stereocenters. The summed E-state index contributed by atoms with van der Waals surface area (Å²) in [6.45, 7) is 0. The molecule has 0 heterocycles. The molecular weight excluding hydrogens is 448 g/mol. The Morgan fingerprint density at radius 2 is 0.944 bits per heavy atom. The Morgan fingerprint density at radius 3 is 1.39 bits per heavy atom. The second-order valence-electron chi connectivity index (χ2n) is 16.6.